The lowest BCUT2D eigenvalue weighted by Gasteiger charge is -2.35. The molecule has 1 unspecified atom stereocenters. The van der Waals surface area contributed by atoms with Crippen LogP contribution in [0.2, 0.25) is 0 Å². The number of rotatable bonds is 5. The van der Waals surface area contributed by atoms with E-state index < -0.39 is 5.41 Å². The highest BCUT2D eigenvalue weighted by atomic mass is 32.1. The summed E-state index contributed by atoms with van der Waals surface area (Å²) in [6.07, 6.45) is 9.54. The maximum atomic E-state index is 12.5. The van der Waals surface area contributed by atoms with Crippen LogP contribution in [-0.2, 0) is 9.53 Å². The van der Waals surface area contributed by atoms with Gasteiger partial charge in [0.25, 0.3) is 0 Å². The minimum absolute atomic E-state index is 0.0282. The summed E-state index contributed by atoms with van der Waals surface area (Å²) in [5, 5.41) is 3.04. The molecular formula is C15H26N2O2S. The van der Waals surface area contributed by atoms with E-state index in [0.29, 0.717) is 17.6 Å². The SMILES string of the molecule is NC(=S)C1(C(=O)NCCC2CCCCO2)CCCCC1. The molecule has 0 aromatic carbocycles. The van der Waals surface area contributed by atoms with Crippen LogP contribution in [0, 0.1) is 5.41 Å². The maximum absolute atomic E-state index is 12.5. The molecule has 1 atom stereocenters. The third kappa shape index (κ3) is 3.70. The van der Waals surface area contributed by atoms with E-state index in [1.54, 1.807) is 0 Å². The first kappa shape index (κ1) is 15.7. The van der Waals surface area contributed by atoms with Crippen molar-refractivity contribution in [3.05, 3.63) is 0 Å². The molecule has 4 nitrogen and oxygen atoms in total. The first-order valence-corrected chi connectivity index (χ1v) is 8.26. The number of hydrogen-bond donors (Lipinski definition) is 2. The van der Waals surface area contributed by atoms with Gasteiger partial charge in [-0.15, -0.1) is 0 Å². The van der Waals surface area contributed by atoms with Crippen molar-refractivity contribution in [1.29, 1.82) is 0 Å². The van der Waals surface area contributed by atoms with Crippen molar-refractivity contribution in [2.24, 2.45) is 11.1 Å². The van der Waals surface area contributed by atoms with Gasteiger partial charge in [0.2, 0.25) is 5.91 Å². The van der Waals surface area contributed by atoms with E-state index in [9.17, 15) is 4.79 Å². The average molecular weight is 298 g/mol. The molecular weight excluding hydrogens is 272 g/mol. The van der Waals surface area contributed by atoms with E-state index in [4.69, 9.17) is 22.7 Å². The Hall–Kier alpha value is -0.680. The van der Waals surface area contributed by atoms with Gasteiger partial charge in [-0.2, -0.15) is 0 Å². The maximum Gasteiger partial charge on any atom is 0.233 e. The van der Waals surface area contributed by atoms with Crippen molar-refractivity contribution in [3.8, 4) is 0 Å². The fraction of sp³-hybridized carbons (Fsp3) is 0.867. The summed E-state index contributed by atoms with van der Waals surface area (Å²) >= 11 is 5.17. The smallest absolute Gasteiger partial charge is 0.233 e. The summed E-state index contributed by atoms with van der Waals surface area (Å²) in [5.74, 6) is 0.0282. The number of thiocarbonyl (C=S) groups is 1. The Labute approximate surface area is 126 Å². The molecule has 5 heteroatoms. The van der Waals surface area contributed by atoms with Crippen LogP contribution in [0.25, 0.3) is 0 Å². The Morgan fingerprint density at radius 2 is 2.00 bits per heavy atom. The molecule has 3 N–H and O–H groups in total. The second-order valence-corrected chi connectivity index (χ2v) is 6.48. The summed E-state index contributed by atoms with van der Waals surface area (Å²) in [4.78, 5) is 12.8. The van der Waals surface area contributed by atoms with Gasteiger partial charge in [-0.05, 0) is 38.5 Å². The molecule has 1 saturated heterocycles. The third-order valence-electron chi connectivity index (χ3n) is 4.64. The molecule has 0 bridgehead atoms. The number of carbonyl (C=O) groups excluding carboxylic acids is 1. The van der Waals surface area contributed by atoms with Gasteiger partial charge in [0.05, 0.1) is 16.5 Å². The van der Waals surface area contributed by atoms with E-state index in [1.807, 2.05) is 0 Å². The van der Waals surface area contributed by atoms with Crippen LogP contribution in [0.4, 0.5) is 0 Å². The van der Waals surface area contributed by atoms with E-state index in [2.05, 4.69) is 5.32 Å². The quantitative estimate of drug-likeness (QED) is 0.764. The topological polar surface area (TPSA) is 64.4 Å². The third-order valence-corrected chi connectivity index (χ3v) is 5.03. The number of hydrogen-bond acceptors (Lipinski definition) is 3. The van der Waals surface area contributed by atoms with Gasteiger partial charge in [-0.1, -0.05) is 31.5 Å². The lowest BCUT2D eigenvalue weighted by molar-refractivity contribution is -0.129. The monoisotopic (exact) mass is 298 g/mol. The van der Waals surface area contributed by atoms with E-state index >= 15 is 0 Å². The van der Waals surface area contributed by atoms with Crippen molar-refractivity contribution in [2.45, 2.75) is 63.9 Å². The van der Waals surface area contributed by atoms with Gasteiger partial charge in [-0.3, -0.25) is 4.79 Å². The molecule has 0 aromatic heterocycles. The summed E-state index contributed by atoms with van der Waals surface area (Å²) in [6, 6.07) is 0. The van der Waals surface area contributed by atoms with Gasteiger partial charge >= 0.3 is 0 Å². The first-order chi connectivity index (χ1) is 9.65. The van der Waals surface area contributed by atoms with Crippen molar-refractivity contribution in [2.75, 3.05) is 13.2 Å². The van der Waals surface area contributed by atoms with Crippen LogP contribution in [0.15, 0.2) is 0 Å². The second kappa shape index (κ2) is 7.36. The number of ether oxygens (including phenoxy) is 1. The number of nitrogens with two attached hydrogens (primary N) is 1. The Morgan fingerprint density at radius 1 is 1.25 bits per heavy atom. The molecule has 2 fully saturated rings. The van der Waals surface area contributed by atoms with Crippen LogP contribution >= 0.6 is 12.2 Å². The number of amides is 1. The average Bonchev–Trinajstić information content (AvgIpc) is 2.48. The van der Waals surface area contributed by atoms with E-state index in [1.165, 1.54) is 12.8 Å². The molecule has 1 aliphatic heterocycles. The molecule has 1 saturated carbocycles. The normalized spacial score (nSPS) is 25.9. The standard InChI is InChI=1S/C15H26N2O2S/c16-13(20)15(8-3-1-4-9-15)14(18)17-10-7-12-6-2-5-11-19-12/h12H,1-11H2,(H2,16,20)(H,17,18). The molecule has 0 aromatic rings. The minimum Gasteiger partial charge on any atom is -0.392 e. The van der Waals surface area contributed by atoms with Crippen LogP contribution in [0.1, 0.15) is 57.8 Å². The summed E-state index contributed by atoms with van der Waals surface area (Å²) < 4.78 is 5.68. The zero-order chi connectivity index (χ0) is 14.4. The van der Waals surface area contributed by atoms with Crippen LogP contribution in [-0.4, -0.2) is 30.2 Å². The van der Waals surface area contributed by atoms with Gasteiger partial charge in [0.1, 0.15) is 0 Å². The molecule has 1 heterocycles. The molecule has 0 radical (unpaired) electrons. The predicted octanol–water partition coefficient (Wildman–Crippen LogP) is 2.30. The highest BCUT2D eigenvalue weighted by Gasteiger charge is 2.42. The lowest BCUT2D eigenvalue weighted by atomic mass is 9.73. The van der Waals surface area contributed by atoms with Crippen LogP contribution in [0.3, 0.4) is 0 Å². The van der Waals surface area contributed by atoms with E-state index in [0.717, 1.165) is 51.6 Å². The van der Waals surface area contributed by atoms with Crippen molar-refractivity contribution < 1.29 is 9.53 Å². The molecule has 2 rings (SSSR count). The number of nitrogens with one attached hydrogen (secondary N) is 1. The van der Waals surface area contributed by atoms with Crippen LogP contribution in [0.5, 0.6) is 0 Å². The highest BCUT2D eigenvalue weighted by molar-refractivity contribution is 7.80. The predicted molar refractivity (Wildman–Crippen MR) is 83.5 cm³/mol. The van der Waals surface area contributed by atoms with Gasteiger partial charge in [0, 0.05) is 13.2 Å². The Morgan fingerprint density at radius 3 is 2.60 bits per heavy atom. The van der Waals surface area contributed by atoms with Crippen LogP contribution < -0.4 is 11.1 Å². The van der Waals surface area contributed by atoms with Crippen molar-refractivity contribution in [1.82, 2.24) is 5.32 Å². The number of carbonyl (C=O) groups is 1. The minimum atomic E-state index is -0.596. The molecule has 20 heavy (non-hydrogen) atoms. The zero-order valence-electron chi connectivity index (χ0n) is 12.2. The molecule has 114 valence electrons. The summed E-state index contributed by atoms with van der Waals surface area (Å²) in [7, 11) is 0. The lowest BCUT2D eigenvalue weighted by Crippen LogP contribution is -2.50. The van der Waals surface area contributed by atoms with Gasteiger partial charge < -0.3 is 15.8 Å². The van der Waals surface area contributed by atoms with Gasteiger partial charge in [-0.25, -0.2) is 0 Å². The zero-order valence-corrected chi connectivity index (χ0v) is 13.0. The summed E-state index contributed by atoms with van der Waals surface area (Å²) in [5.41, 5.74) is 5.27. The first-order valence-electron chi connectivity index (χ1n) is 7.85. The molecule has 0 spiro atoms. The fourth-order valence-electron chi connectivity index (χ4n) is 3.29. The Kier molecular flexibility index (Phi) is 5.78. The molecule has 1 amide bonds. The van der Waals surface area contributed by atoms with Crippen molar-refractivity contribution >= 4 is 23.1 Å². The summed E-state index contributed by atoms with van der Waals surface area (Å²) in [6.45, 7) is 1.52. The largest absolute Gasteiger partial charge is 0.392 e. The second-order valence-electron chi connectivity index (χ2n) is 6.04. The van der Waals surface area contributed by atoms with Crippen molar-refractivity contribution in [3.63, 3.8) is 0 Å². The molecule has 1 aliphatic carbocycles. The fourth-order valence-corrected chi connectivity index (χ4v) is 3.59. The molecule has 2 aliphatic rings. The van der Waals surface area contributed by atoms with E-state index in [-0.39, 0.29) is 5.91 Å². The Bertz CT molecular complexity index is 348. The highest BCUT2D eigenvalue weighted by Crippen LogP contribution is 2.36. The Balaban J connectivity index is 1.81. The van der Waals surface area contributed by atoms with Gasteiger partial charge in [0.15, 0.2) is 0 Å².